The molecule has 0 aliphatic carbocycles. The molecule has 1 saturated heterocycles. The average molecular weight is 594 g/mol. The van der Waals surface area contributed by atoms with Gasteiger partial charge in [-0.1, -0.05) is 0 Å². The van der Waals surface area contributed by atoms with Crippen LogP contribution in [-0.4, -0.2) is 48.1 Å². The number of rotatable bonds is 9. The third-order valence-corrected chi connectivity index (χ3v) is 8.95. The van der Waals surface area contributed by atoms with Gasteiger partial charge < -0.3 is 0 Å². The number of nitriles is 1. The molecule has 29 heavy (non-hydrogen) atoms. The van der Waals surface area contributed by atoms with Crippen LogP contribution in [0.15, 0.2) is 30.3 Å². The molecule has 10 heteroatoms. The molecular weight excluding hydrogens is 567 g/mol. The molecule has 1 aromatic carbocycles. The quantitative estimate of drug-likeness (QED) is 0.332. The van der Waals surface area contributed by atoms with Gasteiger partial charge in [-0.2, -0.15) is 0 Å². The number of nitrogens with zero attached hydrogens (tertiary/aromatic N) is 1. The van der Waals surface area contributed by atoms with Crippen LogP contribution in [0.5, 0.6) is 5.75 Å². The molecule has 1 aromatic rings. The van der Waals surface area contributed by atoms with E-state index >= 15 is 0 Å². The average Bonchev–Trinajstić information content (AvgIpc) is 2.93. The Bertz CT molecular complexity index is 772. The summed E-state index contributed by atoms with van der Waals surface area (Å²) < 4.78 is 23.1. The summed E-state index contributed by atoms with van der Waals surface area (Å²) in [5, 5.41) is 22.7. The van der Waals surface area contributed by atoms with Gasteiger partial charge in [0.2, 0.25) is 0 Å². The van der Waals surface area contributed by atoms with Gasteiger partial charge in [0.25, 0.3) is 0 Å². The fourth-order valence-electron chi connectivity index (χ4n) is 2.77. The predicted octanol–water partition coefficient (Wildman–Crippen LogP) is 2.52. The van der Waals surface area contributed by atoms with Crippen LogP contribution in [0.3, 0.4) is 0 Å². The van der Waals surface area contributed by atoms with Gasteiger partial charge in [0, 0.05) is 0 Å². The Morgan fingerprint density at radius 3 is 2.59 bits per heavy atom. The number of ether oxygens (including phenoxy) is 2. The van der Waals surface area contributed by atoms with E-state index in [0.717, 1.165) is 18.8 Å². The predicted molar refractivity (Wildman–Crippen MR) is 103 cm³/mol. The van der Waals surface area contributed by atoms with E-state index in [9.17, 15) is 15.2 Å². The first-order valence-corrected chi connectivity index (χ1v) is 14.8. The first-order valence-electron chi connectivity index (χ1n) is 9.36. The molecule has 0 spiro atoms. The van der Waals surface area contributed by atoms with Crippen molar-refractivity contribution in [3.05, 3.63) is 30.3 Å². The van der Waals surface area contributed by atoms with Gasteiger partial charge in [-0.15, -0.1) is 0 Å². The van der Waals surface area contributed by atoms with Crippen LogP contribution in [-0.2, 0) is 37.6 Å². The zero-order valence-corrected chi connectivity index (χ0v) is 20.7. The summed E-state index contributed by atoms with van der Waals surface area (Å²) in [4.78, 5) is 12.3. The van der Waals surface area contributed by atoms with Gasteiger partial charge >= 0.3 is 182 Å². The van der Waals surface area contributed by atoms with E-state index in [2.05, 4.69) is 11.2 Å². The maximum absolute atomic E-state index is 12.3. The number of carbonyl (C=O) groups excluding carboxylic acids is 1. The zero-order chi connectivity index (χ0) is 21.6. The second-order valence-corrected chi connectivity index (χ2v) is 13.9. The zero-order valence-electron chi connectivity index (χ0n) is 16.8. The Labute approximate surface area is 181 Å². The summed E-state index contributed by atoms with van der Waals surface area (Å²) in [5.74, 6) is -0.409. The van der Waals surface area contributed by atoms with Gasteiger partial charge in [0.05, 0.1) is 0 Å². The molecule has 0 saturated carbocycles. The first kappa shape index (κ1) is 24.2. The van der Waals surface area contributed by atoms with E-state index < -0.39 is 35.6 Å². The van der Waals surface area contributed by atoms with Crippen LogP contribution in [0.4, 0.5) is 0 Å². The summed E-state index contributed by atoms with van der Waals surface area (Å²) >= 11 is 0.970. The molecule has 1 fully saturated rings. The van der Waals surface area contributed by atoms with Crippen LogP contribution in [0.25, 0.3) is 0 Å². The minimum absolute atomic E-state index is 0.0345. The second-order valence-electron chi connectivity index (χ2n) is 7.06. The van der Waals surface area contributed by atoms with Crippen LogP contribution in [0.1, 0.15) is 27.7 Å². The van der Waals surface area contributed by atoms with Crippen molar-refractivity contribution in [2.75, 3.05) is 6.61 Å². The van der Waals surface area contributed by atoms with Crippen LogP contribution in [0.2, 0.25) is 0 Å². The Hall–Kier alpha value is -1.06. The first-order chi connectivity index (χ1) is 13.6. The van der Waals surface area contributed by atoms with E-state index in [4.69, 9.17) is 18.5 Å². The van der Waals surface area contributed by atoms with E-state index in [-0.39, 0.29) is 18.8 Å². The van der Waals surface area contributed by atoms with Gasteiger partial charge in [0.15, 0.2) is 0 Å². The normalized spacial score (nSPS) is 27.1. The third kappa shape index (κ3) is 7.00. The molecule has 0 radical (unpaired) electrons. The molecule has 1 aliphatic heterocycles. The molecule has 1 heterocycles. The molecule has 6 atom stereocenters. The fraction of sp³-hybridized carbons (Fsp3) is 0.579. The van der Waals surface area contributed by atoms with Crippen molar-refractivity contribution in [3.8, 4) is 11.8 Å². The standard InChI is InChI=1S/C19H27N2O6P.W/c1-12(2)25-19(23)13(3)21-28(27-15-8-6-5-7-9-15)24-11-17-18(22)16(10-20)14(4)26-17;/h5-9,12-14,16-18,21-22H,11H2,1-4H3;/t13?,14-,16-,17+,18-,28?;/m0./s1. The van der Waals surface area contributed by atoms with Crippen molar-refractivity contribution in [2.24, 2.45) is 5.92 Å². The summed E-state index contributed by atoms with van der Waals surface area (Å²) in [7, 11) is 0. The molecule has 8 nitrogen and oxygen atoms in total. The van der Waals surface area contributed by atoms with Gasteiger partial charge in [-0.25, -0.2) is 0 Å². The number of aliphatic hydroxyl groups excluding tert-OH is 1. The molecule has 2 rings (SSSR count). The maximum atomic E-state index is 12.3. The number of para-hydroxylation sites is 1. The van der Waals surface area contributed by atoms with Crippen molar-refractivity contribution in [2.45, 2.75) is 58.2 Å². The van der Waals surface area contributed by atoms with Crippen molar-refractivity contribution < 1.29 is 47.2 Å². The molecular formula is C19H27N2O6PW. The third-order valence-electron chi connectivity index (χ3n) is 4.23. The van der Waals surface area contributed by atoms with Crippen LogP contribution >= 0.6 is 5.50 Å². The number of esters is 1. The minimum atomic E-state index is -2.71. The van der Waals surface area contributed by atoms with Gasteiger partial charge in [0.1, 0.15) is 0 Å². The number of aliphatic hydroxyl groups is 1. The SMILES string of the molecule is CC(C)OC(=O)C(C)N[P](=[W])(OC[C@H]1O[C@@H](C)[C@H](C#N)[C@@H]1O)Oc1ccccc1. The topological polar surface area (TPSA) is 110 Å². The molecule has 2 unspecified atom stereocenters. The van der Waals surface area contributed by atoms with Crippen molar-refractivity contribution in [1.82, 2.24) is 5.09 Å². The fourth-order valence-corrected chi connectivity index (χ4v) is 7.56. The van der Waals surface area contributed by atoms with Gasteiger partial charge in [-0.3, -0.25) is 0 Å². The molecule has 0 amide bonds. The number of hydrogen-bond donors (Lipinski definition) is 2. The molecule has 0 bridgehead atoms. The van der Waals surface area contributed by atoms with Crippen LogP contribution < -0.4 is 9.61 Å². The van der Waals surface area contributed by atoms with Crippen molar-refractivity contribution in [1.29, 1.82) is 5.26 Å². The number of carbonyl (C=O) groups is 1. The Balaban J connectivity index is 2.11. The molecule has 1 aliphatic rings. The summed E-state index contributed by atoms with van der Waals surface area (Å²) in [6, 6.07) is 10.6. The van der Waals surface area contributed by atoms with Crippen molar-refractivity contribution >= 4 is 11.5 Å². The number of hydrogen-bond acceptors (Lipinski definition) is 8. The molecule has 0 aromatic heterocycles. The molecule has 2 N–H and O–H groups in total. The van der Waals surface area contributed by atoms with Crippen molar-refractivity contribution in [3.63, 3.8) is 0 Å². The summed E-state index contributed by atoms with van der Waals surface area (Å²) in [6.07, 6.45) is -2.21. The van der Waals surface area contributed by atoms with Gasteiger partial charge in [-0.05, 0) is 0 Å². The summed E-state index contributed by atoms with van der Waals surface area (Å²) in [6.45, 7) is 7.04. The van der Waals surface area contributed by atoms with E-state index in [1.807, 2.05) is 18.2 Å². The Kier molecular flexibility index (Phi) is 9.03. The second kappa shape index (κ2) is 10.8. The molecule has 160 valence electrons. The summed E-state index contributed by atoms with van der Waals surface area (Å²) in [5.41, 5.74) is -2.71. The van der Waals surface area contributed by atoms with E-state index in [1.165, 1.54) is 0 Å². The monoisotopic (exact) mass is 594 g/mol. The Morgan fingerprint density at radius 1 is 1.38 bits per heavy atom. The van der Waals surface area contributed by atoms with Crippen LogP contribution in [0, 0.1) is 17.2 Å². The number of benzene rings is 1. The van der Waals surface area contributed by atoms with E-state index in [0.29, 0.717) is 5.75 Å². The Morgan fingerprint density at radius 2 is 2.03 bits per heavy atom. The number of nitrogens with one attached hydrogen (secondary N) is 1. The van der Waals surface area contributed by atoms with E-state index in [1.54, 1.807) is 39.8 Å².